The molecule has 2 aromatic carbocycles. The Morgan fingerprint density at radius 2 is 1.97 bits per heavy atom. The van der Waals surface area contributed by atoms with Gasteiger partial charge < -0.3 is 15.5 Å². The second-order valence-electron chi connectivity index (χ2n) is 6.87. The summed E-state index contributed by atoms with van der Waals surface area (Å²) in [6.45, 7) is 2.52. The molecule has 7 nitrogen and oxygen atoms in total. The number of thiazole rings is 1. The lowest BCUT2D eigenvalue weighted by Gasteiger charge is -2.15. The maximum atomic E-state index is 12.3. The minimum atomic E-state index is -0.348. The molecular weight excluding hydrogens is 388 g/mol. The molecule has 4 rings (SSSR count). The normalized spacial score (nSPS) is 13.7. The van der Waals surface area contributed by atoms with Crippen LogP contribution in [0.3, 0.4) is 0 Å². The topological polar surface area (TPSA) is 91.4 Å². The molecule has 8 heteroatoms. The van der Waals surface area contributed by atoms with Crippen LogP contribution in [0.5, 0.6) is 0 Å². The van der Waals surface area contributed by atoms with Crippen molar-refractivity contribution in [3.63, 3.8) is 0 Å². The molecule has 1 fully saturated rings. The van der Waals surface area contributed by atoms with Crippen molar-refractivity contribution in [2.75, 3.05) is 23.3 Å². The number of amides is 3. The summed E-state index contributed by atoms with van der Waals surface area (Å²) in [7, 11) is 0. The molecule has 0 radical (unpaired) electrons. The van der Waals surface area contributed by atoms with E-state index < -0.39 is 0 Å². The second-order valence-corrected chi connectivity index (χ2v) is 7.90. The fourth-order valence-corrected chi connectivity index (χ4v) is 4.24. The van der Waals surface area contributed by atoms with Gasteiger partial charge in [-0.25, -0.2) is 4.98 Å². The lowest BCUT2D eigenvalue weighted by atomic mass is 10.2. The van der Waals surface area contributed by atoms with Crippen LogP contribution in [0.4, 0.5) is 10.8 Å². The van der Waals surface area contributed by atoms with Gasteiger partial charge in [-0.3, -0.25) is 14.4 Å². The van der Waals surface area contributed by atoms with Gasteiger partial charge in [0.05, 0.1) is 16.8 Å². The van der Waals surface area contributed by atoms with Crippen LogP contribution < -0.4 is 15.5 Å². The van der Waals surface area contributed by atoms with Crippen molar-refractivity contribution in [3.05, 3.63) is 53.6 Å². The van der Waals surface area contributed by atoms with E-state index in [-0.39, 0.29) is 24.3 Å². The molecule has 0 bridgehead atoms. The van der Waals surface area contributed by atoms with Gasteiger partial charge in [0, 0.05) is 24.2 Å². The van der Waals surface area contributed by atoms with Crippen LogP contribution in [-0.2, 0) is 9.59 Å². The molecule has 1 aliphatic heterocycles. The molecule has 0 saturated carbocycles. The highest BCUT2D eigenvalue weighted by molar-refractivity contribution is 7.22. The highest BCUT2D eigenvalue weighted by Gasteiger charge is 2.21. The number of aromatic nitrogens is 1. The molecule has 2 N–H and O–H groups in total. The van der Waals surface area contributed by atoms with Gasteiger partial charge in [0.15, 0.2) is 5.13 Å². The number of carbonyl (C=O) groups is 3. The molecule has 0 atom stereocenters. The van der Waals surface area contributed by atoms with Crippen LogP contribution in [0.15, 0.2) is 42.5 Å². The molecule has 3 aromatic rings. The number of carbonyl (C=O) groups excluding carboxylic acids is 3. The number of anilines is 2. The highest BCUT2D eigenvalue weighted by atomic mass is 32.1. The lowest BCUT2D eigenvalue weighted by molar-refractivity contribution is -0.117. The van der Waals surface area contributed by atoms with Gasteiger partial charge in [-0.2, -0.15) is 0 Å². The second kappa shape index (κ2) is 8.00. The van der Waals surface area contributed by atoms with E-state index in [0.717, 1.165) is 27.9 Å². The lowest BCUT2D eigenvalue weighted by Crippen LogP contribution is -2.32. The zero-order chi connectivity index (χ0) is 20.4. The summed E-state index contributed by atoms with van der Waals surface area (Å²) in [4.78, 5) is 42.4. The maximum Gasteiger partial charge on any atom is 0.251 e. The molecule has 0 spiro atoms. The largest absolute Gasteiger partial charge is 0.343 e. The molecule has 1 aromatic heterocycles. The molecule has 29 heavy (non-hydrogen) atoms. The average Bonchev–Trinajstić information content (AvgIpc) is 3.33. The number of nitrogens with zero attached hydrogens (tertiary/aromatic N) is 2. The Bertz CT molecular complexity index is 1090. The Balaban J connectivity index is 1.33. The van der Waals surface area contributed by atoms with E-state index in [1.54, 1.807) is 29.2 Å². The van der Waals surface area contributed by atoms with Gasteiger partial charge in [-0.1, -0.05) is 23.5 Å². The number of rotatable bonds is 5. The molecule has 148 valence electrons. The molecule has 1 aliphatic rings. The van der Waals surface area contributed by atoms with E-state index in [4.69, 9.17) is 0 Å². The van der Waals surface area contributed by atoms with Gasteiger partial charge in [0.25, 0.3) is 5.91 Å². The zero-order valence-electron chi connectivity index (χ0n) is 15.9. The van der Waals surface area contributed by atoms with Gasteiger partial charge in [0.1, 0.15) is 0 Å². The number of benzene rings is 2. The van der Waals surface area contributed by atoms with Crippen LogP contribution in [0.25, 0.3) is 10.2 Å². The zero-order valence-corrected chi connectivity index (χ0v) is 16.7. The van der Waals surface area contributed by atoms with Crippen molar-refractivity contribution < 1.29 is 14.4 Å². The van der Waals surface area contributed by atoms with E-state index in [0.29, 0.717) is 23.7 Å². The summed E-state index contributed by atoms with van der Waals surface area (Å²) >= 11 is 1.40. The number of nitrogens with one attached hydrogen (secondary N) is 2. The van der Waals surface area contributed by atoms with Gasteiger partial charge in [0.2, 0.25) is 11.8 Å². The van der Waals surface area contributed by atoms with Crippen molar-refractivity contribution in [3.8, 4) is 0 Å². The molecule has 2 heterocycles. The van der Waals surface area contributed by atoms with Crippen LogP contribution in [-0.4, -0.2) is 35.8 Å². The first-order valence-electron chi connectivity index (χ1n) is 9.36. The predicted molar refractivity (Wildman–Crippen MR) is 113 cm³/mol. The third-order valence-corrected chi connectivity index (χ3v) is 5.73. The summed E-state index contributed by atoms with van der Waals surface area (Å²) in [6, 6.07) is 12.7. The summed E-state index contributed by atoms with van der Waals surface area (Å²) in [6.07, 6.45) is 1.41. The monoisotopic (exact) mass is 408 g/mol. The summed E-state index contributed by atoms with van der Waals surface area (Å²) < 4.78 is 1.00. The van der Waals surface area contributed by atoms with Crippen molar-refractivity contribution in [2.45, 2.75) is 19.8 Å². The van der Waals surface area contributed by atoms with Gasteiger partial charge in [-0.05, 0) is 49.2 Å². The first-order chi connectivity index (χ1) is 14.0. The van der Waals surface area contributed by atoms with Gasteiger partial charge in [-0.15, -0.1) is 0 Å². The van der Waals surface area contributed by atoms with E-state index in [1.165, 1.54) is 11.3 Å². The van der Waals surface area contributed by atoms with Crippen molar-refractivity contribution in [1.29, 1.82) is 0 Å². The molecule has 0 unspecified atom stereocenters. The smallest absolute Gasteiger partial charge is 0.251 e. The van der Waals surface area contributed by atoms with E-state index in [1.807, 2.05) is 25.1 Å². The standard InChI is InChI=1S/C21H20N4O3S/c1-13-4-2-5-16-19(13)24-21(29-16)23-17(26)12-22-20(28)14-7-9-15(10-8-14)25-11-3-6-18(25)27/h2,4-5,7-10H,3,6,11-12H2,1H3,(H,22,28)(H,23,24,26). The number of fused-ring (bicyclic) bond motifs is 1. The Morgan fingerprint density at radius 1 is 1.17 bits per heavy atom. The van der Waals surface area contributed by atoms with Crippen LogP contribution in [0, 0.1) is 6.92 Å². The summed E-state index contributed by atoms with van der Waals surface area (Å²) in [5.41, 5.74) is 3.14. The molecule has 3 amide bonds. The SMILES string of the molecule is Cc1cccc2sc(NC(=O)CNC(=O)c3ccc(N4CCCC4=O)cc3)nc12. The van der Waals surface area contributed by atoms with E-state index >= 15 is 0 Å². The molecule has 1 saturated heterocycles. The number of aryl methyl sites for hydroxylation is 1. The van der Waals surface area contributed by atoms with Crippen molar-refractivity contribution >= 4 is 50.1 Å². The van der Waals surface area contributed by atoms with Crippen molar-refractivity contribution in [1.82, 2.24) is 10.3 Å². The first-order valence-corrected chi connectivity index (χ1v) is 10.2. The minimum absolute atomic E-state index is 0.101. The average molecular weight is 408 g/mol. The highest BCUT2D eigenvalue weighted by Crippen LogP contribution is 2.27. The first kappa shape index (κ1) is 19.1. The minimum Gasteiger partial charge on any atom is -0.343 e. The van der Waals surface area contributed by atoms with Crippen LogP contribution >= 0.6 is 11.3 Å². The Morgan fingerprint density at radius 3 is 2.66 bits per heavy atom. The Labute approximate surface area is 171 Å². The Kier molecular flexibility index (Phi) is 5.26. The molecule has 0 aliphatic carbocycles. The van der Waals surface area contributed by atoms with Crippen LogP contribution in [0.2, 0.25) is 0 Å². The number of hydrogen-bond acceptors (Lipinski definition) is 5. The number of hydrogen-bond donors (Lipinski definition) is 2. The summed E-state index contributed by atoms with van der Waals surface area (Å²) in [5.74, 6) is -0.585. The quantitative estimate of drug-likeness (QED) is 0.679. The fourth-order valence-electron chi connectivity index (χ4n) is 3.28. The van der Waals surface area contributed by atoms with Crippen molar-refractivity contribution in [2.24, 2.45) is 0 Å². The van der Waals surface area contributed by atoms with Crippen LogP contribution in [0.1, 0.15) is 28.8 Å². The third-order valence-electron chi connectivity index (χ3n) is 4.79. The van der Waals surface area contributed by atoms with Gasteiger partial charge >= 0.3 is 0 Å². The van der Waals surface area contributed by atoms with E-state index in [2.05, 4.69) is 15.6 Å². The Hall–Kier alpha value is -3.26. The predicted octanol–water partition coefficient (Wildman–Crippen LogP) is 3.10. The maximum absolute atomic E-state index is 12.3. The molecular formula is C21H20N4O3S. The number of para-hydroxylation sites is 1. The summed E-state index contributed by atoms with van der Waals surface area (Å²) in [5, 5.41) is 5.84. The third kappa shape index (κ3) is 4.12. The van der Waals surface area contributed by atoms with E-state index in [9.17, 15) is 14.4 Å². The fraction of sp³-hybridized carbons (Fsp3) is 0.238.